The molecule has 8 heteroatoms. The van der Waals surface area contributed by atoms with Crippen LogP contribution in [0.4, 0.5) is 5.69 Å². The third-order valence-electron chi connectivity index (χ3n) is 5.40. The molecule has 1 aliphatic rings. The van der Waals surface area contributed by atoms with Crippen molar-refractivity contribution in [2.24, 2.45) is 0 Å². The lowest BCUT2D eigenvalue weighted by Gasteiger charge is -2.15. The van der Waals surface area contributed by atoms with Gasteiger partial charge in [-0.05, 0) is 57.0 Å². The van der Waals surface area contributed by atoms with Crippen molar-refractivity contribution in [3.8, 4) is 5.75 Å². The van der Waals surface area contributed by atoms with Gasteiger partial charge in [-0.25, -0.2) is 0 Å². The van der Waals surface area contributed by atoms with Gasteiger partial charge in [0.15, 0.2) is 5.75 Å². The normalized spacial score (nSPS) is 14.8. The lowest BCUT2D eigenvalue weighted by atomic mass is 10.2. The number of ether oxygens (including phenoxy) is 1. The standard InChI is InChI=1S/C23H21Cl4N2O2/c1-5-28-16-10-14(24)12(3)20(26)22(16)30-18(28)8-7-9-19-29(6-2)17-11-15(25)13(4)21(27)23(17)31-19/h7-11H,5-6H2,1-4H3/q+1. The number of aryl methyl sites for hydroxylation is 1. The number of aromatic nitrogens is 1. The summed E-state index contributed by atoms with van der Waals surface area (Å²) in [6.45, 7) is 9.23. The predicted octanol–water partition coefficient (Wildman–Crippen LogP) is 7.74. The van der Waals surface area contributed by atoms with Crippen molar-refractivity contribution in [2.45, 2.75) is 34.2 Å². The van der Waals surface area contributed by atoms with E-state index in [0.29, 0.717) is 56.3 Å². The Balaban J connectivity index is 1.72. The number of oxazole rings is 1. The molecule has 4 nitrogen and oxygen atoms in total. The summed E-state index contributed by atoms with van der Waals surface area (Å²) in [4.78, 5) is 2.02. The molecule has 0 spiro atoms. The van der Waals surface area contributed by atoms with Gasteiger partial charge in [0, 0.05) is 17.6 Å². The molecule has 0 N–H and O–H groups in total. The fourth-order valence-electron chi connectivity index (χ4n) is 3.63. The van der Waals surface area contributed by atoms with E-state index in [-0.39, 0.29) is 0 Å². The van der Waals surface area contributed by atoms with Crippen molar-refractivity contribution in [1.82, 2.24) is 0 Å². The van der Waals surface area contributed by atoms with Crippen molar-refractivity contribution in [1.29, 1.82) is 0 Å². The van der Waals surface area contributed by atoms with E-state index in [4.69, 9.17) is 55.6 Å². The minimum absolute atomic E-state index is 0.524. The van der Waals surface area contributed by atoms with Crippen LogP contribution < -0.4 is 14.2 Å². The van der Waals surface area contributed by atoms with Crippen LogP contribution in [0.5, 0.6) is 5.75 Å². The summed E-state index contributed by atoms with van der Waals surface area (Å²) in [5.41, 5.74) is 3.92. The highest BCUT2D eigenvalue weighted by molar-refractivity contribution is 6.39. The number of nitrogens with zero attached hydrogens (tertiary/aromatic N) is 2. The zero-order valence-corrected chi connectivity index (χ0v) is 20.5. The molecule has 0 saturated heterocycles. The van der Waals surface area contributed by atoms with E-state index in [1.807, 2.05) is 67.5 Å². The number of anilines is 1. The Labute approximate surface area is 201 Å². The molecule has 0 bridgehead atoms. The number of fused-ring (bicyclic) bond motifs is 2. The Kier molecular flexibility index (Phi) is 6.19. The van der Waals surface area contributed by atoms with Gasteiger partial charge in [-0.3, -0.25) is 0 Å². The van der Waals surface area contributed by atoms with Crippen LogP contribution in [0.2, 0.25) is 20.1 Å². The van der Waals surface area contributed by atoms with Crippen LogP contribution in [0.15, 0.2) is 34.6 Å². The Morgan fingerprint density at radius 2 is 1.68 bits per heavy atom. The summed E-state index contributed by atoms with van der Waals surface area (Å²) < 4.78 is 14.1. The van der Waals surface area contributed by atoms with Gasteiger partial charge in [-0.15, -0.1) is 0 Å². The maximum atomic E-state index is 6.46. The molecule has 162 valence electrons. The van der Waals surface area contributed by atoms with E-state index in [1.165, 1.54) is 0 Å². The smallest absolute Gasteiger partial charge is 0.374 e. The number of benzene rings is 2. The van der Waals surface area contributed by atoms with E-state index in [9.17, 15) is 0 Å². The van der Waals surface area contributed by atoms with Gasteiger partial charge in [0.1, 0.15) is 6.54 Å². The summed E-state index contributed by atoms with van der Waals surface area (Å²) in [5, 5.41) is 2.27. The number of hydrogen-bond acceptors (Lipinski definition) is 3. The first-order valence-electron chi connectivity index (χ1n) is 9.91. The Morgan fingerprint density at radius 3 is 2.35 bits per heavy atom. The maximum Gasteiger partial charge on any atom is 0.374 e. The quantitative estimate of drug-likeness (QED) is 0.344. The van der Waals surface area contributed by atoms with E-state index < -0.39 is 0 Å². The third kappa shape index (κ3) is 3.70. The molecule has 0 fully saturated rings. The second-order valence-corrected chi connectivity index (χ2v) is 8.76. The predicted molar refractivity (Wildman–Crippen MR) is 129 cm³/mol. The number of allylic oxidation sites excluding steroid dienone is 2. The van der Waals surface area contributed by atoms with Crippen LogP contribution in [0.1, 0.15) is 30.9 Å². The average molecular weight is 499 g/mol. The van der Waals surface area contributed by atoms with E-state index >= 15 is 0 Å². The fourth-order valence-corrected chi connectivity index (χ4v) is 4.59. The zero-order valence-electron chi connectivity index (χ0n) is 17.5. The molecule has 3 aromatic rings. The number of rotatable bonds is 4. The lowest BCUT2D eigenvalue weighted by Crippen LogP contribution is -2.33. The maximum absolute atomic E-state index is 6.46. The van der Waals surface area contributed by atoms with Gasteiger partial charge in [0.25, 0.3) is 5.52 Å². The van der Waals surface area contributed by atoms with Crippen LogP contribution in [0, 0.1) is 13.8 Å². The van der Waals surface area contributed by atoms with Crippen LogP contribution in [-0.2, 0) is 6.54 Å². The number of hydrogen-bond donors (Lipinski definition) is 0. The second-order valence-electron chi connectivity index (χ2n) is 7.19. The van der Waals surface area contributed by atoms with Crippen molar-refractivity contribution in [3.63, 3.8) is 0 Å². The molecule has 31 heavy (non-hydrogen) atoms. The number of halogens is 4. The highest BCUT2D eigenvalue weighted by atomic mass is 35.5. The van der Waals surface area contributed by atoms with Crippen molar-refractivity contribution in [3.05, 3.63) is 67.3 Å². The molecule has 0 amide bonds. The molecule has 0 unspecified atom stereocenters. The van der Waals surface area contributed by atoms with Gasteiger partial charge >= 0.3 is 5.89 Å². The Morgan fingerprint density at radius 1 is 1.00 bits per heavy atom. The van der Waals surface area contributed by atoms with E-state index in [1.54, 1.807) is 0 Å². The highest BCUT2D eigenvalue weighted by Gasteiger charge is 2.29. The van der Waals surface area contributed by atoms with Crippen LogP contribution in [-0.4, -0.2) is 6.54 Å². The van der Waals surface area contributed by atoms with Gasteiger partial charge in [-0.2, -0.15) is 4.57 Å². The minimum atomic E-state index is 0.524. The summed E-state index contributed by atoms with van der Waals surface area (Å²) in [6.07, 6.45) is 5.62. The SMILES string of the molecule is CCN1C(=CC=Cc2oc3c(Cl)c(C)c(Cl)cc3[n+]2CC)Oc2c1cc(Cl)c(C)c2Cl. The molecule has 0 aliphatic carbocycles. The summed E-state index contributed by atoms with van der Waals surface area (Å²) in [5.74, 6) is 1.94. The Hall–Kier alpha value is -1.85. The fraction of sp³-hybridized carbons (Fsp3) is 0.261. The Bertz CT molecular complexity index is 1260. The minimum Gasteiger partial charge on any atom is -0.437 e. The topological polar surface area (TPSA) is 29.5 Å². The molecule has 4 rings (SSSR count). The van der Waals surface area contributed by atoms with Crippen molar-refractivity contribution < 1.29 is 13.7 Å². The van der Waals surface area contributed by atoms with Crippen molar-refractivity contribution in [2.75, 3.05) is 11.4 Å². The molecule has 0 atom stereocenters. The van der Waals surface area contributed by atoms with Crippen LogP contribution in [0.25, 0.3) is 17.2 Å². The van der Waals surface area contributed by atoms with Crippen LogP contribution >= 0.6 is 46.4 Å². The van der Waals surface area contributed by atoms with E-state index in [0.717, 1.165) is 22.3 Å². The van der Waals surface area contributed by atoms with Gasteiger partial charge in [0.05, 0.1) is 26.8 Å². The summed E-state index contributed by atoms with van der Waals surface area (Å²) >= 11 is 25.6. The average Bonchev–Trinajstić information content (AvgIpc) is 3.28. The third-order valence-corrected chi connectivity index (χ3v) is 7.10. The van der Waals surface area contributed by atoms with Gasteiger partial charge in [-0.1, -0.05) is 46.4 Å². The first kappa shape index (κ1) is 22.3. The zero-order chi connectivity index (χ0) is 22.4. The summed E-state index contributed by atoms with van der Waals surface area (Å²) in [6, 6.07) is 3.76. The van der Waals surface area contributed by atoms with E-state index in [2.05, 4.69) is 0 Å². The lowest BCUT2D eigenvalue weighted by molar-refractivity contribution is -0.674. The first-order chi connectivity index (χ1) is 14.8. The molecule has 0 radical (unpaired) electrons. The molecular formula is C23H21Cl4N2O2+. The van der Waals surface area contributed by atoms with Gasteiger partial charge in [0.2, 0.25) is 11.5 Å². The first-order valence-corrected chi connectivity index (χ1v) is 11.4. The van der Waals surface area contributed by atoms with Gasteiger partial charge < -0.3 is 14.1 Å². The van der Waals surface area contributed by atoms with Crippen molar-refractivity contribution >= 4 is 69.3 Å². The highest BCUT2D eigenvalue weighted by Crippen LogP contribution is 2.47. The molecular weight excluding hydrogens is 478 g/mol. The largest absolute Gasteiger partial charge is 0.437 e. The van der Waals surface area contributed by atoms with Crippen LogP contribution in [0.3, 0.4) is 0 Å². The summed E-state index contributed by atoms with van der Waals surface area (Å²) in [7, 11) is 0. The molecule has 1 aliphatic heterocycles. The molecule has 2 aromatic carbocycles. The molecule has 2 heterocycles. The molecule has 1 aromatic heterocycles. The molecule has 0 saturated carbocycles. The monoisotopic (exact) mass is 497 g/mol. The second kappa shape index (κ2) is 8.59.